The molecule has 10 nitrogen and oxygen atoms in total. The zero-order chi connectivity index (χ0) is 26.3. The molecule has 2 aliphatic heterocycles. The van der Waals surface area contributed by atoms with Crippen molar-refractivity contribution in [2.24, 2.45) is 0 Å². The molecule has 0 saturated carbocycles. The molecule has 36 heavy (non-hydrogen) atoms. The number of carbonyl (C=O) groups excluding carboxylic acids is 1. The van der Waals surface area contributed by atoms with Crippen LogP contribution >= 0.6 is 0 Å². The lowest BCUT2D eigenvalue weighted by atomic mass is 10.0. The Hall–Kier alpha value is -2.51. The highest BCUT2D eigenvalue weighted by Gasteiger charge is 2.57. The second-order valence-corrected chi connectivity index (χ2v) is 12.7. The Bertz CT molecular complexity index is 1310. The van der Waals surface area contributed by atoms with Gasteiger partial charge in [-0.2, -0.15) is 12.7 Å². The zero-order valence-corrected chi connectivity index (χ0v) is 22.2. The molecule has 1 amide bonds. The molecule has 2 aromatic rings. The number of sulfonamides is 1. The first-order valence-corrected chi connectivity index (χ1v) is 14.6. The average Bonchev–Trinajstić information content (AvgIpc) is 3.33. The van der Waals surface area contributed by atoms with Gasteiger partial charge in [0, 0.05) is 7.05 Å². The number of methoxy groups -OCH3 is 1. The van der Waals surface area contributed by atoms with Gasteiger partial charge >= 0.3 is 0 Å². The van der Waals surface area contributed by atoms with E-state index in [1.807, 2.05) is 19.1 Å². The van der Waals surface area contributed by atoms with Gasteiger partial charge in [-0.3, -0.25) is 8.98 Å². The standard InChI is InChI=1S/C24H30N2O8S2/c1-16-5-11-19(12-6-16)36(30,31)25(2)23-21(34-35(4,28)29)14-26-22(27)13-20(24(23)26)33-15-17-7-9-18(32-3)10-8-17/h5-12,20-21,23-24H,13-15H2,1-4H3/t20-,21-,23-,24+/m0/s1. The fourth-order valence-corrected chi connectivity index (χ4v) is 6.82. The highest BCUT2D eigenvalue weighted by molar-refractivity contribution is 7.89. The molecule has 196 valence electrons. The first kappa shape index (κ1) is 26.6. The molecule has 0 spiro atoms. The topological polar surface area (TPSA) is 120 Å². The summed E-state index contributed by atoms with van der Waals surface area (Å²) in [5, 5.41) is 0. The predicted molar refractivity (Wildman–Crippen MR) is 131 cm³/mol. The number of hydrogen-bond donors (Lipinski definition) is 0. The van der Waals surface area contributed by atoms with Crippen molar-refractivity contribution in [1.29, 1.82) is 0 Å². The van der Waals surface area contributed by atoms with E-state index in [9.17, 15) is 21.6 Å². The zero-order valence-electron chi connectivity index (χ0n) is 20.5. The number of ether oxygens (including phenoxy) is 2. The van der Waals surface area contributed by atoms with Crippen LogP contribution in [0.3, 0.4) is 0 Å². The number of amides is 1. The van der Waals surface area contributed by atoms with Crippen molar-refractivity contribution in [3.63, 3.8) is 0 Å². The van der Waals surface area contributed by atoms with Gasteiger partial charge in [0.25, 0.3) is 10.1 Å². The molecule has 0 aliphatic carbocycles. The van der Waals surface area contributed by atoms with E-state index in [4.69, 9.17) is 13.7 Å². The maximum absolute atomic E-state index is 13.5. The molecule has 0 unspecified atom stereocenters. The largest absolute Gasteiger partial charge is 0.497 e. The molecule has 0 radical (unpaired) electrons. The van der Waals surface area contributed by atoms with E-state index in [-0.39, 0.29) is 30.4 Å². The van der Waals surface area contributed by atoms with E-state index in [1.165, 1.54) is 24.1 Å². The van der Waals surface area contributed by atoms with Crippen molar-refractivity contribution in [2.45, 2.75) is 49.1 Å². The van der Waals surface area contributed by atoms with Crippen LogP contribution in [-0.4, -0.2) is 83.2 Å². The summed E-state index contributed by atoms with van der Waals surface area (Å²) in [4.78, 5) is 14.4. The monoisotopic (exact) mass is 538 g/mol. The van der Waals surface area contributed by atoms with Crippen LogP contribution in [0, 0.1) is 6.92 Å². The molecule has 4 rings (SSSR count). The lowest BCUT2D eigenvalue weighted by Crippen LogP contribution is -2.52. The van der Waals surface area contributed by atoms with Crippen molar-refractivity contribution in [1.82, 2.24) is 9.21 Å². The second kappa shape index (κ2) is 10.1. The molecule has 2 aliphatic rings. The Labute approximate surface area is 211 Å². The average molecular weight is 539 g/mol. The van der Waals surface area contributed by atoms with Gasteiger partial charge in [-0.15, -0.1) is 0 Å². The molecule has 0 N–H and O–H groups in total. The molecule has 0 aromatic heterocycles. The van der Waals surface area contributed by atoms with Crippen LogP contribution in [0.25, 0.3) is 0 Å². The van der Waals surface area contributed by atoms with Crippen LogP contribution in [-0.2, 0) is 40.5 Å². The van der Waals surface area contributed by atoms with Gasteiger partial charge in [-0.05, 0) is 36.8 Å². The quantitative estimate of drug-likeness (QED) is 0.441. The minimum absolute atomic E-state index is 0.0569. The number of aryl methyl sites for hydroxylation is 1. The molecule has 2 aromatic carbocycles. The molecule has 2 heterocycles. The summed E-state index contributed by atoms with van der Waals surface area (Å²) in [6.07, 6.45) is -0.775. The number of hydrogen-bond acceptors (Lipinski definition) is 8. The van der Waals surface area contributed by atoms with Gasteiger partial charge in [0.1, 0.15) is 11.9 Å². The van der Waals surface area contributed by atoms with Gasteiger partial charge in [0.15, 0.2) is 0 Å². The molecule has 2 saturated heterocycles. The minimum atomic E-state index is -4.03. The lowest BCUT2D eigenvalue weighted by Gasteiger charge is -2.33. The van der Waals surface area contributed by atoms with Gasteiger partial charge in [-0.25, -0.2) is 8.42 Å². The predicted octanol–water partition coefficient (Wildman–Crippen LogP) is 1.54. The van der Waals surface area contributed by atoms with Crippen LogP contribution in [0.1, 0.15) is 17.5 Å². The number of benzene rings is 2. The van der Waals surface area contributed by atoms with Gasteiger partial charge in [0.2, 0.25) is 15.9 Å². The highest BCUT2D eigenvalue weighted by Crippen LogP contribution is 2.38. The summed E-state index contributed by atoms with van der Waals surface area (Å²) in [6.45, 7) is 1.97. The summed E-state index contributed by atoms with van der Waals surface area (Å²) in [6, 6.07) is 11.9. The van der Waals surface area contributed by atoms with E-state index >= 15 is 0 Å². The Morgan fingerprint density at radius 2 is 1.64 bits per heavy atom. The molecule has 0 bridgehead atoms. The number of fused-ring (bicyclic) bond motifs is 1. The molecule has 12 heteroatoms. The van der Waals surface area contributed by atoms with E-state index in [0.29, 0.717) is 5.75 Å². The Balaban J connectivity index is 1.64. The number of nitrogens with zero attached hydrogens (tertiary/aromatic N) is 2. The molecule has 2 fully saturated rings. The van der Waals surface area contributed by atoms with E-state index in [1.54, 1.807) is 31.4 Å². The summed E-state index contributed by atoms with van der Waals surface area (Å²) >= 11 is 0. The van der Waals surface area contributed by atoms with E-state index in [0.717, 1.165) is 21.7 Å². The van der Waals surface area contributed by atoms with Crippen molar-refractivity contribution < 1.29 is 35.3 Å². The fraction of sp³-hybridized carbons (Fsp3) is 0.458. The summed E-state index contributed by atoms with van der Waals surface area (Å²) in [7, 11) is -5.01. The first-order chi connectivity index (χ1) is 16.9. The van der Waals surface area contributed by atoms with Crippen molar-refractivity contribution in [2.75, 3.05) is 27.0 Å². The van der Waals surface area contributed by atoms with Crippen LogP contribution in [0.2, 0.25) is 0 Å². The number of likely N-dealkylation sites (N-methyl/N-ethyl adjacent to an activating group) is 1. The van der Waals surface area contributed by atoms with Crippen LogP contribution in [0.5, 0.6) is 5.75 Å². The Morgan fingerprint density at radius 1 is 1.00 bits per heavy atom. The highest BCUT2D eigenvalue weighted by atomic mass is 32.2. The van der Waals surface area contributed by atoms with Crippen molar-refractivity contribution >= 4 is 26.0 Å². The van der Waals surface area contributed by atoms with Crippen molar-refractivity contribution in [3.8, 4) is 5.75 Å². The SMILES string of the molecule is COc1ccc(CO[C@H]2CC(=O)N3C[C@H](OS(C)(=O)=O)[C@H](N(C)S(=O)(=O)c4ccc(C)cc4)[C@@H]23)cc1. The number of carbonyl (C=O) groups is 1. The third kappa shape index (κ3) is 5.42. The summed E-state index contributed by atoms with van der Waals surface area (Å²) < 4.78 is 68.8. The van der Waals surface area contributed by atoms with E-state index in [2.05, 4.69) is 0 Å². The second-order valence-electron chi connectivity index (χ2n) is 9.10. The Kier molecular flexibility index (Phi) is 7.45. The van der Waals surface area contributed by atoms with Crippen LogP contribution in [0.15, 0.2) is 53.4 Å². The summed E-state index contributed by atoms with van der Waals surface area (Å²) in [5.74, 6) is 0.450. The minimum Gasteiger partial charge on any atom is -0.497 e. The molecular formula is C24H30N2O8S2. The maximum Gasteiger partial charge on any atom is 0.264 e. The molecular weight excluding hydrogens is 508 g/mol. The van der Waals surface area contributed by atoms with E-state index < -0.39 is 44.4 Å². The fourth-order valence-electron chi connectivity index (χ4n) is 4.81. The number of rotatable bonds is 9. The lowest BCUT2D eigenvalue weighted by molar-refractivity contribution is -0.128. The van der Waals surface area contributed by atoms with Gasteiger partial charge in [-0.1, -0.05) is 29.8 Å². The smallest absolute Gasteiger partial charge is 0.264 e. The van der Waals surface area contributed by atoms with Gasteiger partial charge < -0.3 is 14.4 Å². The first-order valence-electron chi connectivity index (χ1n) is 11.4. The molecule has 4 atom stereocenters. The van der Waals surface area contributed by atoms with Crippen molar-refractivity contribution in [3.05, 3.63) is 59.7 Å². The van der Waals surface area contributed by atoms with Gasteiger partial charge in [0.05, 0.1) is 56.0 Å². The van der Waals surface area contributed by atoms with Crippen LogP contribution < -0.4 is 4.74 Å². The van der Waals surface area contributed by atoms with Crippen LogP contribution in [0.4, 0.5) is 0 Å². The third-order valence-electron chi connectivity index (χ3n) is 6.58. The summed E-state index contributed by atoms with van der Waals surface area (Å²) in [5.41, 5.74) is 1.75. The Morgan fingerprint density at radius 3 is 2.22 bits per heavy atom. The maximum atomic E-state index is 13.5. The normalized spacial score (nSPS) is 24.4. The third-order valence-corrected chi connectivity index (χ3v) is 9.05.